The molecule has 0 bridgehead atoms. The van der Waals surface area contributed by atoms with Crippen molar-refractivity contribution in [2.24, 2.45) is 0 Å². The monoisotopic (exact) mass is 222 g/mol. The Hall–Kier alpha value is -2.04. The fourth-order valence-electron chi connectivity index (χ4n) is 1.86. The summed E-state index contributed by atoms with van der Waals surface area (Å²) in [6, 6.07) is 2.58. The molecule has 16 heavy (non-hydrogen) atoms. The van der Waals surface area contributed by atoms with Gasteiger partial charge in [0.05, 0.1) is 5.56 Å². The van der Waals surface area contributed by atoms with Crippen molar-refractivity contribution in [2.75, 3.05) is 0 Å². The lowest BCUT2D eigenvalue weighted by atomic mass is 10.00. The molecule has 0 radical (unpaired) electrons. The first-order chi connectivity index (χ1) is 7.50. The van der Waals surface area contributed by atoms with Crippen LogP contribution in [-0.4, -0.2) is 28.3 Å². The molecule has 5 heteroatoms. The van der Waals surface area contributed by atoms with Crippen molar-refractivity contribution in [3.63, 3.8) is 0 Å². The maximum absolute atomic E-state index is 10.9. The SMILES string of the molecule is CC1Cc2c(C(=O)O)ccc(C(=O)O)c2O1. The van der Waals surface area contributed by atoms with Gasteiger partial charge in [0.15, 0.2) is 0 Å². The Morgan fingerprint density at radius 1 is 1.25 bits per heavy atom. The van der Waals surface area contributed by atoms with Gasteiger partial charge in [-0.1, -0.05) is 0 Å². The van der Waals surface area contributed by atoms with Crippen LogP contribution in [0.1, 0.15) is 33.2 Å². The molecule has 84 valence electrons. The number of ether oxygens (including phenoxy) is 1. The number of rotatable bonds is 2. The molecule has 2 N–H and O–H groups in total. The summed E-state index contributed by atoms with van der Waals surface area (Å²) in [7, 11) is 0. The topological polar surface area (TPSA) is 83.8 Å². The first-order valence-corrected chi connectivity index (χ1v) is 4.80. The molecular weight excluding hydrogens is 212 g/mol. The van der Waals surface area contributed by atoms with Gasteiger partial charge in [-0.3, -0.25) is 0 Å². The number of aromatic carboxylic acids is 2. The minimum atomic E-state index is -1.11. The Kier molecular flexibility index (Phi) is 2.30. The predicted octanol–water partition coefficient (Wildman–Crippen LogP) is 1.41. The lowest BCUT2D eigenvalue weighted by Gasteiger charge is -2.07. The van der Waals surface area contributed by atoms with Crippen LogP contribution < -0.4 is 4.74 Å². The molecule has 1 aliphatic rings. The predicted molar refractivity (Wildman–Crippen MR) is 54.2 cm³/mol. The molecule has 1 unspecified atom stereocenters. The zero-order chi connectivity index (χ0) is 11.9. The van der Waals surface area contributed by atoms with Crippen molar-refractivity contribution in [2.45, 2.75) is 19.4 Å². The van der Waals surface area contributed by atoms with Gasteiger partial charge in [-0.2, -0.15) is 0 Å². The summed E-state index contributed by atoms with van der Waals surface area (Å²) < 4.78 is 5.35. The van der Waals surface area contributed by atoms with Crippen LogP contribution in [-0.2, 0) is 6.42 Å². The third kappa shape index (κ3) is 1.50. The van der Waals surface area contributed by atoms with Gasteiger partial charge in [-0.15, -0.1) is 0 Å². The zero-order valence-electron chi connectivity index (χ0n) is 8.56. The maximum atomic E-state index is 10.9. The fraction of sp³-hybridized carbons (Fsp3) is 0.273. The van der Waals surface area contributed by atoms with Crippen molar-refractivity contribution in [1.82, 2.24) is 0 Å². The van der Waals surface area contributed by atoms with Crippen LogP contribution in [0.25, 0.3) is 0 Å². The van der Waals surface area contributed by atoms with Crippen LogP contribution in [0.4, 0.5) is 0 Å². The maximum Gasteiger partial charge on any atom is 0.339 e. The molecule has 2 rings (SSSR count). The normalized spacial score (nSPS) is 17.7. The van der Waals surface area contributed by atoms with E-state index < -0.39 is 11.9 Å². The summed E-state index contributed by atoms with van der Waals surface area (Å²) in [5, 5.41) is 17.9. The summed E-state index contributed by atoms with van der Waals surface area (Å²) in [6.45, 7) is 1.78. The molecule has 1 aliphatic heterocycles. The second kappa shape index (κ2) is 3.52. The molecule has 1 heterocycles. The van der Waals surface area contributed by atoms with Crippen molar-refractivity contribution < 1.29 is 24.5 Å². The lowest BCUT2D eigenvalue weighted by Crippen LogP contribution is -2.07. The van der Waals surface area contributed by atoms with E-state index in [-0.39, 0.29) is 23.0 Å². The van der Waals surface area contributed by atoms with E-state index in [9.17, 15) is 9.59 Å². The summed E-state index contributed by atoms with van der Waals surface area (Å²) in [5.41, 5.74) is 0.605. The largest absolute Gasteiger partial charge is 0.489 e. The van der Waals surface area contributed by atoms with Crippen LogP contribution in [0.15, 0.2) is 12.1 Å². The number of carboxylic acid groups (broad SMARTS) is 2. The molecule has 0 aliphatic carbocycles. The summed E-state index contributed by atoms with van der Waals surface area (Å²) in [4.78, 5) is 21.9. The summed E-state index contributed by atoms with van der Waals surface area (Å²) in [6.07, 6.45) is 0.242. The first kappa shape index (κ1) is 10.5. The average molecular weight is 222 g/mol. The molecular formula is C11H10O5. The third-order valence-electron chi connectivity index (χ3n) is 2.53. The van der Waals surface area contributed by atoms with E-state index in [0.29, 0.717) is 12.0 Å². The quantitative estimate of drug-likeness (QED) is 0.790. The minimum Gasteiger partial charge on any atom is -0.489 e. The van der Waals surface area contributed by atoms with Gasteiger partial charge >= 0.3 is 11.9 Å². The van der Waals surface area contributed by atoms with E-state index in [1.54, 1.807) is 6.92 Å². The highest BCUT2D eigenvalue weighted by atomic mass is 16.5. The minimum absolute atomic E-state index is 0.0179. The summed E-state index contributed by atoms with van der Waals surface area (Å²) in [5.74, 6) is -1.98. The van der Waals surface area contributed by atoms with Crippen LogP contribution >= 0.6 is 0 Å². The van der Waals surface area contributed by atoms with Gasteiger partial charge in [0.2, 0.25) is 0 Å². The Balaban J connectivity index is 2.63. The van der Waals surface area contributed by atoms with E-state index in [2.05, 4.69) is 0 Å². The standard InChI is InChI=1S/C11H10O5/c1-5-4-8-6(10(12)13)2-3-7(11(14)15)9(8)16-5/h2-3,5H,4H2,1H3,(H,12,13)(H,14,15). The molecule has 0 spiro atoms. The molecule has 0 aromatic heterocycles. The van der Waals surface area contributed by atoms with Crippen molar-refractivity contribution in [3.05, 3.63) is 28.8 Å². The van der Waals surface area contributed by atoms with Gasteiger partial charge in [-0.25, -0.2) is 9.59 Å². The van der Waals surface area contributed by atoms with E-state index in [4.69, 9.17) is 14.9 Å². The Morgan fingerprint density at radius 3 is 2.38 bits per heavy atom. The van der Waals surface area contributed by atoms with Crippen LogP contribution in [0.5, 0.6) is 5.75 Å². The highest BCUT2D eigenvalue weighted by molar-refractivity contribution is 5.96. The number of carbonyl (C=O) groups is 2. The van der Waals surface area contributed by atoms with E-state index in [0.717, 1.165) is 0 Å². The molecule has 0 amide bonds. The first-order valence-electron chi connectivity index (χ1n) is 4.80. The number of fused-ring (bicyclic) bond motifs is 1. The molecule has 1 aromatic rings. The van der Waals surface area contributed by atoms with Gasteiger partial charge in [0.1, 0.15) is 17.4 Å². The van der Waals surface area contributed by atoms with Crippen LogP contribution in [0, 0.1) is 0 Å². The van der Waals surface area contributed by atoms with Gasteiger partial charge in [0, 0.05) is 12.0 Å². The Labute approximate surface area is 91.3 Å². The molecule has 1 aromatic carbocycles. The second-order valence-corrected chi connectivity index (χ2v) is 3.71. The van der Waals surface area contributed by atoms with Gasteiger partial charge < -0.3 is 14.9 Å². The highest BCUT2D eigenvalue weighted by Crippen LogP contribution is 2.35. The van der Waals surface area contributed by atoms with Gasteiger partial charge in [0.25, 0.3) is 0 Å². The molecule has 1 atom stereocenters. The molecule has 0 saturated carbocycles. The zero-order valence-corrected chi connectivity index (χ0v) is 8.56. The number of carboxylic acids is 2. The molecule has 0 fully saturated rings. The van der Waals surface area contributed by atoms with Crippen molar-refractivity contribution in [3.8, 4) is 5.75 Å². The molecule has 5 nitrogen and oxygen atoms in total. The Bertz CT molecular complexity index is 435. The number of benzene rings is 1. The molecule has 0 saturated heterocycles. The average Bonchev–Trinajstić information content (AvgIpc) is 2.56. The highest BCUT2D eigenvalue weighted by Gasteiger charge is 2.29. The van der Waals surface area contributed by atoms with Crippen molar-refractivity contribution in [1.29, 1.82) is 0 Å². The van der Waals surface area contributed by atoms with Gasteiger partial charge in [-0.05, 0) is 19.1 Å². The van der Waals surface area contributed by atoms with E-state index >= 15 is 0 Å². The number of hydrogen-bond acceptors (Lipinski definition) is 3. The van der Waals surface area contributed by atoms with Crippen LogP contribution in [0.3, 0.4) is 0 Å². The Morgan fingerprint density at radius 2 is 1.81 bits per heavy atom. The lowest BCUT2D eigenvalue weighted by molar-refractivity contribution is 0.0677. The second-order valence-electron chi connectivity index (χ2n) is 3.71. The smallest absolute Gasteiger partial charge is 0.339 e. The van der Waals surface area contributed by atoms with Crippen LogP contribution in [0.2, 0.25) is 0 Å². The number of hydrogen-bond donors (Lipinski definition) is 2. The van der Waals surface area contributed by atoms with Crippen molar-refractivity contribution >= 4 is 11.9 Å². The van der Waals surface area contributed by atoms with E-state index in [1.807, 2.05) is 0 Å². The summed E-state index contributed by atoms with van der Waals surface area (Å²) >= 11 is 0. The third-order valence-corrected chi connectivity index (χ3v) is 2.53. The van der Waals surface area contributed by atoms with E-state index in [1.165, 1.54) is 12.1 Å². The fourth-order valence-corrected chi connectivity index (χ4v) is 1.86.